The Morgan fingerprint density at radius 3 is 2.27 bits per heavy atom. The first-order valence-corrected chi connectivity index (χ1v) is 12.3. The first kappa shape index (κ1) is 22.3. The average molecular weight is 430 g/mol. The quantitative estimate of drug-likeness (QED) is 0.667. The van der Waals surface area contributed by atoms with Gasteiger partial charge in [0.05, 0.1) is 11.5 Å². The van der Waals surface area contributed by atoms with E-state index in [0.29, 0.717) is 24.6 Å². The molecule has 5 nitrogen and oxygen atoms in total. The minimum absolute atomic E-state index is 0.0200. The van der Waals surface area contributed by atoms with Gasteiger partial charge in [0.15, 0.2) is 16.4 Å². The highest BCUT2D eigenvalue weighted by Gasteiger charge is 2.34. The van der Waals surface area contributed by atoms with Gasteiger partial charge in [-0.2, -0.15) is 0 Å². The van der Waals surface area contributed by atoms with E-state index < -0.39 is 9.84 Å². The highest BCUT2D eigenvalue weighted by Crippen LogP contribution is 2.24. The molecule has 0 saturated carbocycles. The lowest BCUT2D eigenvalue weighted by molar-refractivity contribution is -0.136. The van der Waals surface area contributed by atoms with Crippen molar-refractivity contribution < 1.29 is 17.9 Å². The number of rotatable bonds is 7. The van der Waals surface area contributed by atoms with Crippen LogP contribution in [0.5, 0.6) is 5.75 Å². The minimum atomic E-state index is -3.10. The van der Waals surface area contributed by atoms with Crippen molar-refractivity contribution in [2.75, 3.05) is 18.1 Å². The molecule has 162 valence electrons. The molecular weight excluding hydrogens is 398 g/mol. The van der Waals surface area contributed by atoms with Crippen LogP contribution in [0, 0.1) is 13.8 Å². The van der Waals surface area contributed by atoms with Crippen LogP contribution in [0.1, 0.15) is 48.4 Å². The van der Waals surface area contributed by atoms with Gasteiger partial charge in [0, 0.05) is 12.6 Å². The van der Waals surface area contributed by atoms with Gasteiger partial charge in [-0.05, 0) is 48.4 Å². The molecule has 2 aromatic carbocycles. The largest absolute Gasteiger partial charge is 0.483 e. The van der Waals surface area contributed by atoms with Crippen molar-refractivity contribution in [3.8, 4) is 5.75 Å². The van der Waals surface area contributed by atoms with Gasteiger partial charge in [0.25, 0.3) is 5.91 Å². The summed E-state index contributed by atoms with van der Waals surface area (Å²) < 4.78 is 29.9. The Hall–Kier alpha value is -2.34. The molecule has 2 aromatic rings. The molecule has 0 N–H and O–H groups in total. The standard InChI is InChI=1S/C24H31NO4S/c1-17(2)21-10-8-20(9-11-21)14-25(22-12-13-30(27,28)16-22)23(26)15-29-24-18(3)6-5-7-19(24)4/h5-11,17,22H,12-16H2,1-4H3/t22-/m0/s1. The topological polar surface area (TPSA) is 63.7 Å². The fraction of sp³-hybridized carbons (Fsp3) is 0.458. The van der Waals surface area contributed by atoms with Crippen molar-refractivity contribution in [1.82, 2.24) is 4.90 Å². The molecule has 1 amide bonds. The lowest BCUT2D eigenvalue weighted by atomic mass is 10.0. The van der Waals surface area contributed by atoms with Crippen molar-refractivity contribution in [2.24, 2.45) is 0 Å². The van der Waals surface area contributed by atoms with E-state index in [4.69, 9.17) is 4.74 Å². The Labute approximate surface area is 180 Å². The molecule has 0 unspecified atom stereocenters. The molecule has 1 aliphatic rings. The third kappa shape index (κ3) is 5.42. The highest BCUT2D eigenvalue weighted by atomic mass is 32.2. The number of hydrogen-bond donors (Lipinski definition) is 0. The molecule has 1 fully saturated rings. The summed E-state index contributed by atoms with van der Waals surface area (Å²) >= 11 is 0. The first-order chi connectivity index (χ1) is 14.2. The third-order valence-corrected chi connectivity index (χ3v) is 7.47. The van der Waals surface area contributed by atoms with Crippen LogP contribution in [0.4, 0.5) is 0 Å². The maximum atomic E-state index is 13.1. The molecule has 1 saturated heterocycles. The lowest BCUT2D eigenvalue weighted by Gasteiger charge is -2.29. The Morgan fingerprint density at radius 2 is 1.73 bits per heavy atom. The highest BCUT2D eigenvalue weighted by molar-refractivity contribution is 7.91. The summed E-state index contributed by atoms with van der Waals surface area (Å²) in [5.74, 6) is 1.11. The zero-order chi connectivity index (χ0) is 21.9. The van der Waals surface area contributed by atoms with Crippen LogP contribution >= 0.6 is 0 Å². The van der Waals surface area contributed by atoms with E-state index in [1.54, 1.807) is 4.90 Å². The van der Waals surface area contributed by atoms with Gasteiger partial charge in [-0.15, -0.1) is 0 Å². The number of amides is 1. The molecule has 6 heteroatoms. The Morgan fingerprint density at radius 1 is 1.10 bits per heavy atom. The van der Waals surface area contributed by atoms with Gasteiger partial charge >= 0.3 is 0 Å². The number of ether oxygens (including phenoxy) is 1. The van der Waals surface area contributed by atoms with Crippen LogP contribution in [-0.4, -0.2) is 43.4 Å². The SMILES string of the molecule is Cc1cccc(C)c1OCC(=O)N(Cc1ccc(C(C)C)cc1)[C@H]1CCS(=O)(=O)C1. The van der Waals surface area contributed by atoms with Crippen molar-refractivity contribution >= 4 is 15.7 Å². The van der Waals surface area contributed by atoms with Crippen molar-refractivity contribution in [3.63, 3.8) is 0 Å². The molecule has 0 aromatic heterocycles. The summed E-state index contributed by atoms with van der Waals surface area (Å²) in [4.78, 5) is 14.8. The van der Waals surface area contributed by atoms with Gasteiger partial charge in [-0.3, -0.25) is 4.79 Å². The predicted molar refractivity (Wildman–Crippen MR) is 120 cm³/mol. The van der Waals surface area contributed by atoms with E-state index >= 15 is 0 Å². The molecule has 0 radical (unpaired) electrons. The molecule has 30 heavy (non-hydrogen) atoms. The summed E-state index contributed by atoms with van der Waals surface area (Å²) in [6.07, 6.45) is 0.474. The fourth-order valence-electron chi connectivity index (χ4n) is 3.89. The molecule has 1 aliphatic heterocycles. The summed E-state index contributed by atoms with van der Waals surface area (Å²) in [6, 6.07) is 13.7. The maximum Gasteiger partial charge on any atom is 0.261 e. The van der Waals surface area contributed by atoms with Gasteiger partial charge in [0.1, 0.15) is 5.75 Å². The van der Waals surface area contributed by atoms with Gasteiger partial charge in [0.2, 0.25) is 0 Å². The van der Waals surface area contributed by atoms with Crippen molar-refractivity contribution in [3.05, 3.63) is 64.7 Å². The number of para-hydroxylation sites is 1. The van der Waals surface area contributed by atoms with Crippen LogP contribution in [0.2, 0.25) is 0 Å². The summed E-state index contributed by atoms with van der Waals surface area (Å²) in [5, 5.41) is 0. The first-order valence-electron chi connectivity index (χ1n) is 10.4. The summed E-state index contributed by atoms with van der Waals surface area (Å²) in [6.45, 7) is 8.45. The maximum absolute atomic E-state index is 13.1. The lowest BCUT2D eigenvalue weighted by Crippen LogP contribution is -2.43. The molecular formula is C24H31NO4S. The van der Waals surface area contributed by atoms with E-state index in [9.17, 15) is 13.2 Å². The number of carbonyl (C=O) groups is 1. The number of nitrogens with zero attached hydrogens (tertiary/aromatic N) is 1. The van der Waals surface area contributed by atoms with Crippen LogP contribution in [0.3, 0.4) is 0 Å². The predicted octanol–water partition coefficient (Wildman–Crippen LogP) is 4.02. The van der Waals surface area contributed by atoms with Crippen LogP contribution < -0.4 is 4.74 Å². The fourth-order valence-corrected chi connectivity index (χ4v) is 5.62. The van der Waals surface area contributed by atoms with E-state index in [2.05, 4.69) is 26.0 Å². The normalized spacial score (nSPS) is 17.8. The zero-order valence-electron chi connectivity index (χ0n) is 18.2. The van der Waals surface area contributed by atoms with Crippen LogP contribution in [0.15, 0.2) is 42.5 Å². The van der Waals surface area contributed by atoms with Crippen molar-refractivity contribution in [1.29, 1.82) is 0 Å². The van der Waals surface area contributed by atoms with Crippen molar-refractivity contribution in [2.45, 2.75) is 52.6 Å². The molecule has 0 spiro atoms. The number of carbonyl (C=O) groups excluding carboxylic acids is 1. The molecule has 3 rings (SSSR count). The zero-order valence-corrected chi connectivity index (χ0v) is 19.0. The van der Waals surface area contributed by atoms with Crippen LogP contribution in [0.25, 0.3) is 0 Å². The average Bonchev–Trinajstić information content (AvgIpc) is 3.05. The van der Waals surface area contributed by atoms with Gasteiger partial charge in [-0.1, -0.05) is 56.3 Å². The smallest absolute Gasteiger partial charge is 0.261 e. The molecule has 0 bridgehead atoms. The summed E-state index contributed by atoms with van der Waals surface area (Å²) in [7, 11) is -3.10. The minimum Gasteiger partial charge on any atom is -0.483 e. The van der Waals surface area contributed by atoms with Crippen LogP contribution in [-0.2, 0) is 21.2 Å². The summed E-state index contributed by atoms with van der Waals surface area (Å²) in [5.41, 5.74) is 4.17. The second kappa shape index (κ2) is 9.21. The number of benzene rings is 2. The number of sulfone groups is 1. The Balaban J connectivity index is 1.77. The Kier molecular flexibility index (Phi) is 6.86. The van der Waals surface area contributed by atoms with E-state index in [1.165, 1.54) is 5.56 Å². The second-order valence-corrected chi connectivity index (χ2v) is 10.7. The molecule has 0 aliphatic carbocycles. The van der Waals surface area contributed by atoms with E-state index in [1.807, 2.05) is 44.2 Å². The second-order valence-electron chi connectivity index (χ2n) is 8.48. The monoisotopic (exact) mass is 429 g/mol. The molecule has 1 atom stereocenters. The van der Waals surface area contributed by atoms with E-state index in [-0.39, 0.29) is 30.1 Å². The van der Waals surface area contributed by atoms with Gasteiger partial charge < -0.3 is 9.64 Å². The van der Waals surface area contributed by atoms with E-state index in [0.717, 1.165) is 16.7 Å². The molecule has 1 heterocycles. The third-order valence-electron chi connectivity index (χ3n) is 5.72. The number of hydrogen-bond acceptors (Lipinski definition) is 4. The Bertz CT molecular complexity index is 976. The van der Waals surface area contributed by atoms with Gasteiger partial charge in [-0.25, -0.2) is 8.42 Å². The number of aryl methyl sites for hydroxylation is 2.